The largest absolute Gasteiger partial charge is 0.334 e. The van der Waals surface area contributed by atoms with Crippen LogP contribution in [-0.2, 0) is 15.8 Å². The van der Waals surface area contributed by atoms with Gasteiger partial charge in [-0.25, -0.2) is 17.4 Å². The molecule has 8 heteroatoms. The normalized spacial score (nSPS) is 25.9. The number of benzene rings is 2. The zero-order chi connectivity index (χ0) is 21.5. The van der Waals surface area contributed by atoms with Gasteiger partial charge in [-0.15, -0.1) is 0 Å². The van der Waals surface area contributed by atoms with E-state index in [0.717, 1.165) is 12.1 Å². The van der Waals surface area contributed by atoms with E-state index in [4.69, 9.17) is 0 Å². The van der Waals surface area contributed by atoms with Crippen LogP contribution in [-0.4, -0.2) is 45.7 Å². The number of piperidine rings is 1. The predicted octanol–water partition coefficient (Wildman–Crippen LogP) is 4.18. The van der Waals surface area contributed by atoms with Gasteiger partial charge in [-0.1, -0.05) is 30.3 Å². The number of nitrogens with zero attached hydrogens (tertiary/aromatic N) is 2. The number of likely N-dealkylation sites (tertiary alicyclic amines) is 1. The third-order valence-corrected chi connectivity index (χ3v) is 6.14. The first-order valence-corrected chi connectivity index (χ1v) is 11.2. The Bertz CT molecular complexity index is 1040. The van der Waals surface area contributed by atoms with E-state index in [-0.39, 0.29) is 24.1 Å². The van der Waals surface area contributed by atoms with Crippen LogP contribution < -0.4 is 0 Å². The molecule has 1 saturated carbocycles. The first-order valence-electron chi connectivity index (χ1n) is 9.73. The van der Waals surface area contributed by atoms with Gasteiger partial charge in [0.15, 0.2) is 5.67 Å². The van der Waals surface area contributed by atoms with Crippen LogP contribution in [0.1, 0.15) is 30.7 Å². The molecule has 158 valence electrons. The fourth-order valence-electron chi connectivity index (χ4n) is 4.16. The average Bonchev–Trinajstić information content (AvgIpc) is 3.40. The first kappa shape index (κ1) is 20.8. The van der Waals surface area contributed by atoms with Crippen LogP contribution in [0.2, 0.25) is 0 Å². The molecule has 1 amide bonds. The number of hydrogen-bond donors (Lipinski definition) is 0. The van der Waals surface area contributed by atoms with E-state index in [1.54, 1.807) is 24.3 Å². The summed E-state index contributed by atoms with van der Waals surface area (Å²) in [4.78, 5) is 14.4. The maximum atomic E-state index is 15.6. The second-order valence-corrected chi connectivity index (χ2v) is 8.74. The number of carbonyl (C=O) groups is 1. The van der Waals surface area contributed by atoms with Gasteiger partial charge in [0, 0.05) is 30.9 Å². The predicted molar refractivity (Wildman–Crippen MR) is 110 cm³/mol. The Hall–Kier alpha value is -2.48. The molecule has 1 heterocycles. The van der Waals surface area contributed by atoms with Crippen molar-refractivity contribution in [2.75, 3.05) is 19.3 Å². The van der Waals surface area contributed by atoms with Crippen LogP contribution in [0.25, 0.3) is 11.1 Å². The molecule has 1 aliphatic heterocycles. The van der Waals surface area contributed by atoms with E-state index in [9.17, 15) is 17.8 Å². The molecule has 0 radical (unpaired) electrons. The highest BCUT2D eigenvalue weighted by atomic mass is 32.2. The molecule has 2 aromatic carbocycles. The summed E-state index contributed by atoms with van der Waals surface area (Å²) in [5, 5.41) is 0. The molecule has 3 unspecified atom stereocenters. The maximum Gasteiger partial charge on any atom is 0.261 e. The van der Waals surface area contributed by atoms with Crippen molar-refractivity contribution >= 4 is 22.6 Å². The van der Waals surface area contributed by atoms with Crippen LogP contribution in [0.15, 0.2) is 46.9 Å². The third kappa shape index (κ3) is 3.80. The van der Waals surface area contributed by atoms with E-state index in [0.29, 0.717) is 30.7 Å². The van der Waals surface area contributed by atoms with Gasteiger partial charge >= 0.3 is 0 Å². The minimum absolute atomic E-state index is 0.0401. The van der Waals surface area contributed by atoms with Crippen LogP contribution >= 0.6 is 0 Å². The summed E-state index contributed by atoms with van der Waals surface area (Å²) >= 11 is 0. The summed E-state index contributed by atoms with van der Waals surface area (Å²) in [6, 6.07) is 10.0. The Morgan fingerprint density at radius 1 is 1.17 bits per heavy atom. The van der Waals surface area contributed by atoms with E-state index >= 15 is 4.39 Å². The van der Waals surface area contributed by atoms with E-state index in [1.165, 1.54) is 17.2 Å². The van der Waals surface area contributed by atoms with Gasteiger partial charge < -0.3 is 4.90 Å². The summed E-state index contributed by atoms with van der Waals surface area (Å²) in [6.45, 7) is 0.552. The molecular formula is C22H21F3N2O2S. The molecule has 0 bridgehead atoms. The van der Waals surface area contributed by atoms with Gasteiger partial charge in [-0.2, -0.15) is 4.40 Å². The first-order chi connectivity index (χ1) is 14.3. The van der Waals surface area contributed by atoms with Crippen LogP contribution in [0, 0.1) is 11.6 Å². The highest BCUT2D eigenvalue weighted by Crippen LogP contribution is 2.57. The number of rotatable bonds is 4. The van der Waals surface area contributed by atoms with Crippen LogP contribution in [0.4, 0.5) is 13.2 Å². The molecule has 4 rings (SSSR count). The molecular weight excluding hydrogens is 413 g/mol. The number of halogens is 3. The fourth-order valence-corrected chi connectivity index (χ4v) is 4.67. The molecule has 2 aliphatic rings. The van der Waals surface area contributed by atoms with E-state index in [1.807, 2.05) is 0 Å². The zero-order valence-electron chi connectivity index (χ0n) is 16.4. The van der Waals surface area contributed by atoms with Crippen molar-refractivity contribution in [2.24, 2.45) is 4.40 Å². The molecule has 3 atom stereocenters. The number of carbonyl (C=O) groups excluding carboxylic acids is 1. The Labute approximate surface area is 175 Å². The molecule has 0 N–H and O–H groups in total. The second kappa shape index (κ2) is 7.98. The number of hydrogen-bond acceptors (Lipinski definition) is 2. The molecule has 2 aromatic rings. The standard InChI is InChI=1S/C22H21F3N2O2S/c1-30(29)26-14-6-5-11-27(13-14)21(28)22(25)12-17(22)15-7-2-3-8-16(15)20-18(23)9-4-10-19(20)24/h2-4,7-10,17H,5-6,11-13H2,1H3/b26-14+. The molecule has 0 aromatic heterocycles. The summed E-state index contributed by atoms with van der Waals surface area (Å²) in [5.74, 6) is -2.89. The SMILES string of the molecule is CS(=O)/N=C1\CCCN(C(=O)C2(F)CC2c2ccccc2-c2c(F)cccc2F)C1. The fraction of sp³-hybridized carbons (Fsp3) is 0.364. The van der Waals surface area contributed by atoms with Crippen molar-refractivity contribution in [1.82, 2.24) is 4.90 Å². The number of amides is 1. The average molecular weight is 434 g/mol. The number of alkyl halides is 1. The van der Waals surface area contributed by atoms with Crippen molar-refractivity contribution in [3.63, 3.8) is 0 Å². The van der Waals surface area contributed by atoms with Crippen molar-refractivity contribution in [3.05, 3.63) is 59.7 Å². The summed E-state index contributed by atoms with van der Waals surface area (Å²) in [6.07, 6.45) is 2.66. The lowest BCUT2D eigenvalue weighted by Gasteiger charge is -2.29. The van der Waals surface area contributed by atoms with Gasteiger partial charge in [-0.3, -0.25) is 4.79 Å². The minimum atomic E-state index is -2.12. The maximum absolute atomic E-state index is 15.6. The van der Waals surface area contributed by atoms with Crippen LogP contribution in [0.5, 0.6) is 0 Å². The van der Waals surface area contributed by atoms with E-state index < -0.39 is 40.1 Å². The van der Waals surface area contributed by atoms with Gasteiger partial charge in [0.25, 0.3) is 5.91 Å². The van der Waals surface area contributed by atoms with Crippen molar-refractivity contribution in [1.29, 1.82) is 0 Å². The lowest BCUT2D eigenvalue weighted by Crippen LogP contribution is -2.45. The topological polar surface area (TPSA) is 49.7 Å². The van der Waals surface area contributed by atoms with Gasteiger partial charge in [0.2, 0.25) is 0 Å². The Morgan fingerprint density at radius 2 is 1.87 bits per heavy atom. The van der Waals surface area contributed by atoms with Crippen molar-refractivity contribution in [3.8, 4) is 11.1 Å². The molecule has 4 nitrogen and oxygen atoms in total. The van der Waals surface area contributed by atoms with E-state index in [2.05, 4.69) is 4.40 Å². The smallest absolute Gasteiger partial charge is 0.261 e. The highest BCUT2D eigenvalue weighted by Gasteiger charge is 2.64. The monoisotopic (exact) mass is 434 g/mol. The van der Waals surface area contributed by atoms with Gasteiger partial charge in [0.1, 0.15) is 22.6 Å². The molecule has 30 heavy (non-hydrogen) atoms. The van der Waals surface area contributed by atoms with Gasteiger partial charge in [0.05, 0.1) is 12.1 Å². The van der Waals surface area contributed by atoms with Gasteiger partial charge in [-0.05, 0) is 36.1 Å². The van der Waals surface area contributed by atoms with Crippen molar-refractivity contribution in [2.45, 2.75) is 30.8 Å². The Kier molecular flexibility index (Phi) is 5.53. The summed E-state index contributed by atoms with van der Waals surface area (Å²) in [5.41, 5.74) is -1.05. The summed E-state index contributed by atoms with van der Waals surface area (Å²) < 4.78 is 59.7. The third-order valence-electron chi connectivity index (χ3n) is 5.63. The highest BCUT2D eigenvalue weighted by molar-refractivity contribution is 7.83. The lowest BCUT2D eigenvalue weighted by molar-refractivity contribution is -0.138. The zero-order valence-corrected chi connectivity index (χ0v) is 17.2. The van der Waals surface area contributed by atoms with Crippen LogP contribution in [0.3, 0.4) is 0 Å². The lowest BCUT2D eigenvalue weighted by atomic mass is 9.94. The molecule has 2 fully saturated rings. The summed E-state index contributed by atoms with van der Waals surface area (Å²) in [7, 11) is -1.38. The van der Waals surface area contributed by atoms with Crippen molar-refractivity contribution < 1.29 is 22.2 Å². The second-order valence-electron chi connectivity index (χ2n) is 7.71. The Balaban J connectivity index is 1.61. The molecule has 1 aliphatic carbocycles. The minimum Gasteiger partial charge on any atom is -0.334 e. The Morgan fingerprint density at radius 3 is 2.57 bits per heavy atom. The molecule has 0 spiro atoms. The molecule has 1 saturated heterocycles. The quantitative estimate of drug-likeness (QED) is 0.725.